The minimum absolute atomic E-state index is 1.10. The first-order valence-corrected chi connectivity index (χ1v) is 16.5. The molecule has 1 aromatic heterocycles. The lowest BCUT2D eigenvalue weighted by Crippen LogP contribution is -2.12. The summed E-state index contributed by atoms with van der Waals surface area (Å²) in [5, 5.41) is 5.15. The molecule has 0 bridgehead atoms. The van der Waals surface area contributed by atoms with Gasteiger partial charge in [0.1, 0.15) is 0 Å². The van der Waals surface area contributed by atoms with Crippen LogP contribution >= 0.6 is 0 Å². The second-order valence-corrected chi connectivity index (χ2v) is 12.5. The Hall–Kier alpha value is -6.38. The van der Waals surface area contributed by atoms with Crippen molar-refractivity contribution < 1.29 is 0 Å². The molecule has 1 aliphatic rings. The highest BCUT2D eigenvalue weighted by molar-refractivity contribution is 6.16. The first-order valence-electron chi connectivity index (χ1n) is 16.5. The van der Waals surface area contributed by atoms with Crippen LogP contribution in [0, 0.1) is 0 Å². The molecule has 0 atom stereocenters. The number of nitrogens with zero attached hydrogens (tertiary/aromatic N) is 2. The molecule has 10 rings (SSSR count). The van der Waals surface area contributed by atoms with E-state index < -0.39 is 0 Å². The Balaban J connectivity index is 1.22. The lowest BCUT2D eigenvalue weighted by Gasteiger charge is -2.29. The van der Waals surface area contributed by atoms with E-state index in [0.29, 0.717) is 0 Å². The van der Waals surface area contributed by atoms with Crippen molar-refractivity contribution in [1.82, 2.24) is 4.57 Å². The second-order valence-electron chi connectivity index (χ2n) is 12.5. The highest BCUT2D eigenvalue weighted by Crippen LogP contribution is 2.50. The van der Waals surface area contributed by atoms with Crippen LogP contribution < -0.4 is 4.90 Å². The van der Waals surface area contributed by atoms with Gasteiger partial charge in [-0.05, 0) is 87.1 Å². The molecule has 0 N–H and O–H groups in total. The average molecular weight is 611 g/mol. The molecule has 48 heavy (non-hydrogen) atoms. The average Bonchev–Trinajstić information content (AvgIpc) is 3.66. The van der Waals surface area contributed by atoms with Gasteiger partial charge < -0.3 is 9.47 Å². The Morgan fingerprint density at radius 2 is 0.979 bits per heavy atom. The number of rotatable bonds is 5. The third kappa shape index (κ3) is 4.00. The molecule has 1 heterocycles. The van der Waals surface area contributed by atoms with Crippen molar-refractivity contribution in [3.63, 3.8) is 0 Å². The van der Waals surface area contributed by atoms with Crippen LogP contribution in [0.2, 0.25) is 0 Å². The Morgan fingerprint density at radius 1 is 0.375 bits per heavy atom. The van der Waals surface area contributed by atoms with Gasteiger partial charge in [-0.1, -0.05) is 133 Å². The Bertz CT molecular complexity index is 2620. The van der Waals surface area contributed by atoms with Crippen molar-refractivity contribution in [2.75, 3.05) is 4.90 Å². The monoisotopic (exact) mass is 610 g/mol. The van der Waals surface area contributed by atoms with Crippen molar-refractivity contribution >= 4 is 49.6 Å². The molecule has 0 aliphatic heterocycles. The number of hydrogen-bond acceptors (Lipinski definition) is 1. The zero-order valence-corrected chi connectivity index (χ0v) is 26.2. The van der Waals surface area contributed by atoms with Crippen LogP contribution in [0.15, 0.2) is 182 Å². The van der Waals surface area contributed by atoms with Gasteiger partial charge in [0.2, 0.25) is 0 Å². The minimum atomic E-state index is 1.10. The van der Waals surface area contributed by atoms with Gasteiger partial charge in [-0.25, -0.2) is 0 Å². The summed E-state index contributed by atoms with van der Waals surface area (Å²) in [5.41, 5.74) is 14.5. The van der Waals surface area contributed by atoms with Crippen LogP contribution in [0.3, 0.4) is 0 Å². The normalized spacial score (nSPS) is 11.8. The molecule has 2 nitrogen and oxygen atoms in total. The quantitative estimate of drug-likeness (QED) is 0.188. The summed E-state index contributed by atoms with van der Waals surface area (Å²) >= 11 is 0. The van der Waals surface area contributed by atoms with E-state index in [1.54, 1.807) is 0 Å². The molecule has 0 unspecified atom stereocenters. The van der Waals surface area contributed by atoms with Crippen LogP contribution in [-0.2, 0) is 0 Å². The van der Waals surface area contributed by atoms with Crippen molar-refractivity contribution in [2.24, 2.45) is 0 Å². The molecule has 0 amide bonds. The SMILES string of the molecule is c1ccc(-c2ccccc2N(c2cccc(-n3c4ccccc4c4ccccc43)c2)c2ccc3c(c2)-c2cccc4cccc-3c24)cc1. The third-order valence-electron chi connectivity index (χ3n) is 9.90. The molecule has 0 saturated carbocycles. The number of benzene rings is 8. The molecule has 0 spiro atoms. The van der Waals surface area contributed by atoms with E-state index in [9.17, 15) is 0 Å². The fourth-order valence-corrected chi connectivity index (χ4v) is 7.85. The van der Waals surface area contributed by atoms with Gasteiger partial charge in [0.15, 0.2) is 0 Å². The zero-order chi connectivity index (χ0) is 31.6. The third-order valence-corrected chi connectivity index (χ3v) is 9.90. The fourth-order valence-electron chi connectivity index (χ4n) is 7.85. The fraction of sp³-hybridized carbons (Fsp3) is 0. The zero-order valence-electron chi connectivity index (χ0n) is 26.2. The van der Waals surface area contributed by atoms with Gasteiger partial charge in [-0.2, -0.15) is 0 Å². The Labute approximate surface area is 279 Å². The van der Waals surface area contributed by atoms with Crippen LogP contribution in [0.5, 0.6) is 0 Å². The standard InChI is InChI=1S/C46H30N2/c1-2-13-31(14-3-1)36-19-4-7-24-43(36)47(35-27-28-37-40-22-10-15-32-16-11-23-41(46(32)40)42(37)30-35)33-17-12-18-34(29-33)48-44-25-8-5-20-38(44)39-21-6-9-26-45(39)48/h1-30H. The Kier molecular flexibility index (Phi) is 5.91. The summed E-state index contributed by atoms with van der Waals surface area (Å²) < 4.78 is 2.40. The van der Waals surface area contributed by atoms with Crippen molar-refractivity contribution in [3.8, 4) is 39.1 Å². The van der Waals surface area contributed by atoms with Gasteiger partial charge in [-0.15, -0.1) is 0 Å². The summed E-state index contributed by atoms with van der Waals surface area (Å²) in [7, 11) is 0. The lowest BCUT2D eigenvalue weighted by atomic mass is 10.00. The van der Waals surface area contributed by atoms with Crippen LogP contribution in [-0.4, -0.2) is 4.57 Å². The summed E-state index contributed by atoms with van der Waals surface area (Å²) in [5.74, 6) is 0. The lowest BCUT2D eigenvalue weighted by molar-refractivity contribution is 1.17. The highest BCUT2D eigenvalue weighted by atomic mass is 15.1. The molecular formula is C46H30N2. The molecule has 8 aromatic carbocycles. The molecule has 9 aromatic rings. The van der Waals surface area contributed by atoms with E-state index in [-0.39, 0.29) is 0 Å². The molecular weight excluding hydrogens is 581 g/mol. The number of aromatic nitrogens is 1. The molecule has 0 fully saturated rings. The van der Waals surface area contributed by atoms with E-state index in [1.165, 1.54) is 66.0 Å². The molecule has 1 aliphatic carbocycles. The van der Waals surface area contributed by atoms with E-state index in [4.69, 9.17) is 0 Å². The maximum atomic E-state index is 2.43. The first-order chi connectivity index (χ1) is 23.8. The van der Waals surface area contributed by atoms with Crippen molar-refractivity contribution in [1.29, 1.82) is 0 Å². The maximum Gasteiger partial charge on any atom is 0.0541 e. The number of para-hydroxylation sites is 3. The predicted molar refractivity (Wildman–Crippen MR) is 203 cm³/mol. The first kappa shape index (κ1) is 26.8. The van der Waals surface area contributed by atoms with Gasteiger partial charge in [0.25, 0.3) is 0 Å². The molecule has 2 heteroatoms. The van der Waals surface area contributed by atoms with Crippen LogP contribution in [0.25, 0.3) is 71.6 Å². The molecule has 224 valence electrons. The van der Waals surface area contributed by atoms with Crippen molar-refractivity contribution in [2.45, 2.75) is 0 Å². The largest absolute Gasteiger partial charge is 0.310 e. The van der Waals surface area contributed by atoms with Gasteiger partial charge in [0.05, 0.1) is 16.7 Å². The van der Waals surface area contributed by atoms with E-state index in [1.807, 2.05) is 0 Å². The van der Waals surface area contributed by atoms with E-state index >= 15 is 0 Å². The minimum Gasteiger partial charge on any atom is -0.310 e. The van der Waals surface area contributed by atoms with Crippen LogP contribution in [0.1, 0.15) is 0 Å². The van der Waals surface area contributed by atoms with E-state index in [2.05, 4.69) is 191 Å². The van der Waals surface area contributed by atoms with Gasteiger partial charge in [0, 0.05) is 33.4 Å². The van der Waals surface area contributed by atoms with Gasteiger partial charge in [-0.3, -0.25) is 0 Å². The second kappa shape index (κ2) is 10.6. The smallest absolute Gasteiger partial charge is 0.0541 e. The molecule has 0 saturated heterocycles. The highest BCUT2D eigenvalue weighted by Gasteiger charge is 2.24. The van der Waals surface area contributed by atoms with Crippen molar-refractivity contribution in [3.05, 3.63) is 182 Å². The summed E-state index contributed by atoms with van der Waals surface area (Å²) in [6.07, 6.45) is 0. The number of fused-ring (bicyclic) bond motifs is 6. The summed E-state index contributed by atoms with van der Waals surface area (Å²) in [6.45, 7) is 0. The van der Waals surface area contributed by atoms with E-state index in [0.717, 1.165) is 22.7 Å². The van der Waals surface area contributed by atoms with Gasteiger partial charge >= 0.3 is 0 Å². The summed E-state index contributed by atoms with van der Waals surface area (Å²) in [6, 6.07) is 66.2. The van der Waals surface area contributed by atoms with Crippen LogP contribution in [0.4, 0.5) is 17.1 Å². The number of hydrogen-bond donors (Lipinski definition) is 0. The topological polar surface area (TPSA) is 8.17 Å². The number of anilines is 3. The molecule has 0 radical (unpaired) electrons. The Morgan fingerprint density at radius 3 is 1.75 bits per heavy atom. The maximum absolute atomic E-state index is 2.43. The summed E-state index contributed by atoms with van der Waals surface area (Å²) in [4.78, 5) is 2.43. The predicted octanol–water partition coefficient (Wildman–Crippen LogP) is 12.7.